The van der Waals surface area contributed by atoms with E-state index in [-0.39, 0.29) is 18.4 Å². The van der Waals surface area contributed by atoms with E-state index in [1.165, 1.54) is 4.90 Å². The molecular weight excluding hydrogens is 494 g/mol. The molecule has 0 bridgehead atoms. The van der Waals surface area contributed by atoms with Gasteiger partial charge in [0.2, 0.25) is 5.91 Å². The monoisotopic (exact) mass is 529 g/mol. The Morgan fingerprint density at radius 3 is 2.38 bits per heavy atom. The standard InChI is InChI=1S/C31H35N3O5/c1-20(2)16-17-32-30(36)27-28(39-31(37)34(27)19-22-7-5-6-21(3)18-22)23-8-12-25(13-9-23)33-29(35)24-10-14-26(38-4)15-11-24/h5-15,18,20,27-28H,16-17,19H2,1-4H3,(H,32,36)(H,33,35). The van der Waals surface area contributed by atoms with E-state index in [2.05, 4.69) is 24.5 Å². The van der Waals surface area contributed by atoms with Crippen molar-refractivity contribution in [1.29, 1.82) is 0 Å². The van der Waals surface area contributed by atoms with Gasteiger partial charge in [-0.3, -0.25) is 14.5 Å². The first-order valence-corrected chi connectivity index (χ1v) is 13.1. The number of nitrogens with one attached hydrogen (secondary N) is 2. The molecule has 3 aromatic rings. The van der Waals surface area contributed by atoms with Crippen LogP contribution >= 0.6 is 0 Å². The lowest BCUT2D eigenvalue weighted by Crippen LogP contribution is -2.46. The van der Waals surface area contributed by atoms with Crippen molar-refractivity contribution in [1.82, 2.24) is 10.2 Å². The molecule has 2 N–H and O–H groups in total. The van der Waals surface area contributed by atoms with Crippen LogP contribution in [-0.4, -0.2) is 42.5 Å². The number of aryl methyl sites for hydroxylation is 1. The summed E-state index contributed by atoms with van der Waals surface area (Å²) in [6.45, 7) is 6.95. The Labute approximate surface area is 229 Å². The molecule has 8 heteroatoms. The normalized spacial score (nSPS) is 16.6. The summed E-state index contributed by atoms with van der Waals surface area (Å²) in [5, 5.41) is 5.85. The average Bonchev–Trinajstić information content (AvgIpc) is 3.24. The summed E-state index contributed by atoms with van der Waals surface area (Å²) in [6.07, 6.45) is -0.492. The third kappa shape index (κ3) is 6.96. The van der Waals surface area contributed by atoms with Crippen molar-refractivity contribution in [2.75, 3.05) is 19.0 Å². The highest BCUT2D eigenvalue weighted by Gasteiger charge is 2.46. The van der Waals surface area contributed by atoms with Crippen LogP contribution in [0.4, 0.5) is 10.5 Å². The molecule has 204 valence electrons. The number of ether oxygens (including phenoxy) is 2. The molecule has 1 aliphatic rings. The number of carbonyl (C=O) groups is 3. The third-order valence-electron chi connectivity index (χ3n) is 6.66. The molecule has 3 aromatic carbocycles. The first-order chi connectivity index (χ1) is 18.7. The maximum Gasteiger partial charge on any atom is 0.411 e. The average molecular weight is 530 g/mol. The molecule has 4 rings (SSSR count). The number of hydrogen-bond donors (Lipinski definition) is 2. The Kier molecular flexibility index (Phi) is 8.86. The van der Waals surface area contributed by atoms with Gasteiger partial charge in [-0.25, -0.2) is 4.79 Å². The van der Waals surface area contributed by atoms with Crippen LogP contribution in [0.3, 0.4) is 0 Å². The van der Waals surface area contributed by atoms with Crippen LogP contribution in [-0.2, 0) is 16.1 Å². The molecule has 3 amide bonds. The van der Waals surface area contributed by atoms with Crippen molar-refractivity contribution >= 4 is 23.6 Å². The maximum absolute atomic E-state index is 13.4. The molecule has 1 saturated heterocycles. The molecule has 1 heterocycles. The van der Waals surface area contributed by atoms with E-state index in [1.807, 2.05) is 31.2 Å². The first kappa shape index (κ1) is 27.7. The van der Waals surface area contributed by atoms with Crippen molar-refractivity contribution in [3.8, 4) is 5.75 Å². The van der Waals surface area contributed by atoms with Crippen LogP contribution in [0.5, 0.6) is 5.75 Å². The summed E-state index contributed by atoms with van der Waals surface area (Å²) in [4.78, 5) is 40.5. The molecule has 2 atom stereocenters. The summed E-state index contributed by atoms with van der Waals surface area (Å²) >= 11 is 0. The van der Waals surface area contributed by atoms with E-state index in [9.17, 15) is 14.4 Å². The minimum absolute atomic E-state index is 0.254. The number of anilines is 1. The number of rotatable bonds is 10. The smallest absolute Gasteiger partial charge is 0.411 e. The molecule has 8 nitrogen and oxygen atoms in total. The second-order valence-electron chi connectivity index (χ2n) is 10.1. The van der Waals surface area contributed by atoms with E-state index in [1.54, 1.807) is 55.6 Å². The second-order valence-corrected chi connectivity index (χ2v) is 10.1. The van der Waals surface area contributed by atoms with Crippen LogP contribution in [0.15, 0.2) is 72.8 Å². The molecule has 2 unspecified atom stereocenters. The lowest BCUT2D eigenvalue weighted by molar-refractivity contribution is -0.126. The predicted octanol–water partition coefficient (Wildman–Crippen LogP) is 5.48. The van der Waals surface area contributed by atoms with Gasteiger partial charge in [0.1, 0.15) is 5.75 Å². The zero-order chi connectivity index (χ0) is 27.9. The van der Waals surface area contributed by atoms with E-state index >= 15 is 0 Å². The highest BCUT2D eigenvalue weighted by Crippen LogP contribution is 2.34. The van der Waals surface area contributed by atoms with Gasteiger partial charge < -0.3 is 20.1 Å². The van der Waals surface area contributed by atoms with Gasteiger partial charge in [-0.2, -0.15) is 0 Å². The highest BCUT2D eigenvalue weighted by molar-refractivity contribution is 6.04. The summed E-state index contributed by atoms with van der Waals surface area (Å²) in [5.74, 6) is 0.591. The third-order valence-corrected chi connectivity index (χ3v) is 6.66. The fourth-order valence-electron chi connectivity index (χ4n) is 4.51. The molecule has 0 spiro atoms. The zero-order valence-electron chi connectivity index (χ0n) is 22.8. The molecule has 0 aliphatic carbocycles. The summed E-state index contributed by atoms with van der Waals surface area (Å²) in [5.41, 5.74) is 3.74. The SMILES string of the molecule is COc1ccc(C(=O)Nc2ccc(C3OC(=O)N(Cc4cccc(C)c4)C3C(=O)NCCC(C)C)cc2)cc1. The fraction of sp³-hybridized carbons (Fsp3) is 0.323. The van der Waals surface area contributed by atoms with Crippen LogP contribution < -0.4 is 15.4 Å². The van der Waals surface area contributed by atoms with Crippen LogP contribution in [0.2, 0.25) is 0 Å². The molecular formula is C31H35N3O5. The highest BCUT2D eigenvalue weighted by atomic mass is 16.6. The van der Waals surface area contributed by atoms with E-state index in [4.69, 9.17) is 9.47 Å². The van der Waals surface area contributed by atoms with E-state index < -0.39 is 18.2 Å². The zero-order valence-corrected chi connectivity index (χ0v) is 22.8. The topological polar surface area (TPSA) is 97.0 Å². The van der Waals surface area contributed by atoms with Crippen LogP contribution in [0, 0.1) is 12.8 Å². The number of cyclic esters (lactones) is 1. The van der Waals surface area contributed by atoms with Gasteiger partial charge in [0.15, 0.2) is 12.1 Å². The lowest BCUT2D eigenvalue weighted by Gasteiger charge is -2.24. The summed E-state index contributed by atoms with van der Waals surface area (Å²) in [6, 6.07) is 20.8. The van der Waals surface area contributed by atoms with Gasteiger partial charge in [0, 0.05) is 17.8 Å². The van der Waals surface area contributed by atoms with Gasteiger partial charge in [0.25, 0.3) is 5.91 Å². The quantitative estimate of drug-likeness (QED) is 0.363. The van der Waals surface area contributed by atoms with Crippen molar-refractivity contribution in [2.24, 2.45) is 5.92 Å². The van der Waals surface area contributed by atoms with Gasteiger partial charge >= 0.3 is 6.09 Å². The summed E-state index contributed by atoms with van der Waals surface area (Å²) < 4.78 is 10.9. The largest absolute Gasteiger partial charge is 0.497 e. The van der Waals surface area contributed by atoms with Crippen molar-refractivity contribution in [3.63, 3.8) is 0 Å². The molecule has 0 radical (unpaired) electrons. The number of nitrogens with zero attached hydrogens (tertiary/aromatic N) is 1. The van der Waals surface area contributed by atoms with Gasteiger partial charge in [-0.05, 0) is 66.8 Å². The van der Waals surface area contributed by atoms with Crippen molar-refractivity contribution < 1.29 is 23.9 Å². The number of hydrogen-bond acceptors (Lipinski definition) is 5. The van der Waals surface area contributed by atoms with Gasteiger partial charge in [-0.1, -0.05) is 55.8 Å². The minimum Gasteiger partial charge on any atom is -0.497 e. The minimum atomic E-state index is -0.829. The Morgan fingerprint density at radius 2 is 1.74 bits per heavy atom. The Morgan fingerprint density at radius 1 is 1.03 bits per heavy atom. The summed E-state index contributed by atoms with van der Waals surface area (Å²) in [7, 11) is 1.57. The molecule has 1 fully saturated rings. The van der Waals surface area contributed by atoms with Crippen molar-refractivity contribution in [3.05, 3.63) is 95.1 Å². The molecule has 0 aromatic heterocycles. The Bertz CT molecular complexity index is 1300. The number of carbonyl (C=O) groups excluding carboxylic acids is 3. The molecule has 39 heavy (non-hydrogen) atoms. The Balaban J connectivity index is 1.52. The molecule has 1 aliphatic heterocycles. The number of amides is 3. The second kappa shape index (κ2) is 12.5. The number of benzene rings is 3. The van der Waals surface area contributed by atoms with Gasteiger partial charge in [-0.15, -0.1) is 0 Å². The number of methoxy groups -OCH3 is 1. The molecule has 0 saturated carbocycles. The van der Waals surface area contributed by atoms with Crippen molar-refractivity contribution in [2.45, 2.75) is 45.9 Å². The van der Waals surface area contributed by atoms with Gasteiger partial charge in [0.05, 0.1) is 13.7 Å². The van der Waals surface area contributed by atoms with Crippen LogP contribution in [0.25, 0.3) is 0 Å². The Hall–Kier alpha value is -4.33. The first-order valence-electron chi connectivity index (χ1n) is 13.1. The lowest BCUT2D eigenvalue weighted by atomic mass is 10.00. The fourth-order valence-corrected chi connectivity index (χ4v) is 4.51. The maximum atomic E-state index is 13.4. The predicted molar refractivity (Wildman–Crippen MR) is 150 cm³/mol. The van der Waals surface area contributed by atoms with Crippen LogP contribution in [0.1, 0.15) is 53.4 Å². The van der Waals surface area contributed by atoms with E-state index in [0.29, 0.717) is 35.0 Å². The van der Waals surface area contributed by atoms with E-state index in [0.717, 1.165) is 17.5 Å².